The lowest BCUT2D eigenvalue weighted by molar-refractivity contribution is -0.435. The van der Waals surface area contributed by atoms with Gasteiger partial charge in [-0.15, -0.1) is 0 Å². The molecule has 0 unspecified atom stereocenters. The molecule has 0 aliphatic rings. The average molecular weight is 578 g/mol. The van der Waals surface area contributed by atoms with E-state index in [1.165, 1.54) is 18.2 Å². The van der Waals surface area contributed by atoms with Crippen LogP contribution in [0, 0.1) is 0 Å². The number of carbonyl (C=O) groups excluding carboxylic acids is 2. The Morgan fingerprint density at radius 1 is 0.649 bits per heavy atom. The van der Waals surface area contributed by atoms with Gasteiger partial charge in [0.15, 0.2) is 5.78 Å². The predicted molar refractivity (Wildman–Crippen MR) is 101 cm³/mol. The number of hydrogen-bond donors (Lipinski definition) is 1. The SMILES string of the molecule is O=C(c1ccccc1)c1cc(Cl)ccc1NC(=O)C(F)(F)C(F)(F)C(F)(F)C(F)(F)C(F)(F)C(F)(F)F. The Hall–Kier alpha value is -3.04. The van der Waals surface area contributed by atoms with E-state index in [-0.39, 0.29) is 10.6 Å². The molecule has 0 fully saturated rings. The molecule has 0 aromatic heterocycles. The van der Waals surface area contributed by atoms with Crippen LogP contribution in [-0.2, 0) is 4.79 Å². The number of carbonyl (C=O) groups is 2. The van der Waals surface area contributed by atoms with E-state index in [2.05, 4.69) is 0 Å². The van der Waals surface area contributed by atoms with Gasteiger partial charge in [0.05, 0.1) is 5.69 Å². The molecular weight excluding hydrogens is 569 g/mol. The van der Waals surface area contributed by atoms with Crippen LogP contribution in [0.25, 0.3) is 0 Å². The predicted octanol–water partition coefficient (Wildman–Crippen LogP) is 7.25. The van der Waals surface area contributed by atoms with Gasteiger partial charge in [-0.05, 0) is 18.2 Å². The molecule has 0 saturated carbocycles. The molecule has 0 bridgehead atoms. The van der Waals surface area contributed by atoms with Gasteiger partial charge in [0.2, 0.25) is 0 Å². The maximum absolute atomic E-state index is 14.1. The second-order valence-electron chi connectivity index (χ2n) is 7.21. The van der Waals surface area contributed by atoms with Gasteiger partial charge < -0.3 is 5.32 Å². The minimum absolute atomic E-state index is 0.196. The first-order valence-electron chi connectivity index (χ1n) is 9.20. The Morgan fingerprint density at radius 3 is 1.62 bits per heavy atom. The first-order valence-corrected chi connectivity index (χ1v) is 9.58. The number of anilines is 1. The fourth-order valence-corrected chi connectivity index (χ4v) is 2.84. The van der Waals surface area contributed by atoms with Crippen molar-refractivity contribution < 1.29 is 66.7 Å². The molecule has 0 aliphatic carbocycles. The van der Waals surface area contributed by atoms with Gasteiger partial charge in [0.1, 0.15) is 0 Å². The highest BCUT2D eigenvalue weighted by Crippen LogP contribution is 2.60. The summed E-state index contributed by atoms with van der Waals surface area (Å²) in [5, 5.41) is 0.595. The summed E-state index contributed by atoms with van der Waals surface area (Å²) in [6.45, 7) is 0. The van der Waals surface area contributed by atoms with Gasteiger partial charge in [-0.1, -0.05) is 41.9 Å². The van der Waals surface area contributed by atoms with Gasteiger partial charge in [0.25, 0.3) is 0 Å². The van der Waals surface area contributed by atoms with E-state index in [0.717, 1.165) is 23.5 Å². The second-order valence-corrected chi connectivity index (χ2v) is 7.65. The first kappa shape index (κ1) is 30.2. The summed E-state index contributed by atoms with van der Waals surface area (Å²) < 4.78 is 172. The fraction of sp³-hybridized carbons (Fsp3) is 0.300. The van der Waals surface area contributed by atoms with Crippen molar-refractivity contribution in [3.8, 4) is 0 Å². The number of rotatable bonds is 8. The maximum atomic E-state index is 14.1. The number of benzene rings is 2. The number of hydrogen-bond acceptors (Lipinski definition) is 2. The van der Waals surface area contributed by atoms with E-state index in [4.69, 9.17) is 11.6 Å². The minimum Gasteiger partial charge on any atom is -0.320 e. The largest absolute Gasteiger partial charge is 0.460 e. The first-order chi connectivity index (χ1) is 16.5. The normalized spacial score (nSPS) is 13.9. The molecule has 0 aliphatic heterocycles. The lowest BCUT2D eigenvalue weighted by atomic mass is 9.93. The van der Waals surface area contributed by atoms with E-state index in [0.29, 0.717) is 12.1 Å². The standard InChI is InChI=1S/C20H9ClF13NO2/c21-10-6-7-12(11(8-10)13(36)9-4-2-1-3-5-9)35-14(37)15(22,23)16(24,25)17(26,27)18(28,29)19(30,31)20(32,33)34/h1-8H,(H,35,37). The van der Waals surface area contributed by atoms with Crippen molar-refractivity contribution in [2.75, 3.05) is 5.32 Å². The quantitative estimate of drug-likeness (QED) is 0.265. The zero-order valence-electron chi connectivity index (χ0n) is 17.2. The Bertz CT molecular complexity index is 1180. The highest BCUT2D eigenvalue weighted by Gasteiger charge is 2.91. The van der Waals surface area contributed by atoms with Crippen molar-refractivity contribution in [1.29, 1.82) is 0 Å². The average Bonchev–Trinajstić information content (AvgIpc) is 2.78. The number of alkyl halides is 13. The topological polar surface area (TPSA) is 46.2 Å². The van der Waals surface area contributed by atoms with E-state index in [9.17, 15) is 66.7 Å². The third kappa shape index (κ3) is 4.82. The van der Waals surface area contributed by atoms with Gasteiger partial charge in [-0.3, -0.25) is 9.59 Å². The van der Waals surface area contributed by atoms with Gasteiger partial charge in [0, 0.05) is 16.1 Å². The molecule has 3 nitrogen and oxygen atoms in total. The van der Waals surface area contributed by atoms with E-state index >= 15 is 0 Å². The Balaban J connectivity index is 2.52. The van der Waals surface area contributed by atoms with Crippen LogP contribution < -0.4 is 5.32 Å². The monoisotopic (exact) mass is 577 g/mol. The van der Waals surface area contributed by atoms with Crippen LogP contribution in [0.15, 0.2) is 48.5 Å². The molecule has 1 amide bonds. The number of ketones is 1. The number of amides is 1. The fourth-order valence-electron chi connectivity index (χ4n) is 2.67. The second kappa shape index (κ2) is 9.36. The zero-order chi connectivity index (χ0) is 28.8. The Morgan fingerprint density at radius 2 is 1.14 bits per heavy atom. The molecule has 204 valence electrons. The van der Waals surface area contributed by atoms with Crippen molar-refractivity contribution in [3.63, 3.8) is 0 Å². The Labute approximate surface area is 202 Å². The van der Waals surface area contributed by atoms with Crippen LogP contribution in [0.4, 0.5) is 62.8 Å². The molecule has 37 heavy (non-hydrogen) atoms. The van der Waals surface area contributed by atoms with Crippen LogP contribution in [0.3, 0.4) is 0 Å². The summed E-state index contributed by atoms with van der Waals surface area (Å²) in [6.07, 6.45) is -7.58. The molecule has 2 rings (SSSR count). The highest BCUT2D eigenvalue weighted by molar-refractivity contribution is 6.31. The van der Waals surface area contributed by atoms with Gasteiger partial charge >= 0.3 is 41.7 Å². The molecule has 0 radical (unpaired) electrons. The van der Waals surface area contributed by atoms with E-state index < -0.39 is 58.7 Å². The maximum Gasteiger partial charge on any atom is 0.460 e. The summed E-state index contributed by atoms with van der Waals surface area (Å²) in [7, 11) is 0. The molecule has 0 spiro atoms. The van der Waals surface area contributed by atoms with Crippen LogP contribution in [0.5, 0.6) is 0 Å². The zero-order valence-corrected chi connectivity index (χ0v) is 18.0. The van der Waals surface area contributed by atoms with Crippen LogP contribution in [0.2, 0.25) is 5.02 Å². The van der Waals surface area contributed by atoms with Gasteiger partial charge in [-0.25, -0.2) is 0 Å². The van der Waals surface area contributed by atoms with Crippen LogP contribution in [0.1, 0.15) is 15.9 Å². The summed E-state index contributed by atoms with van der Waals surface area (Å²) in [6, 6.07) is 8.38. The van der Waals surface area contributed by atoms with Crippen molar-refractivity contribution >= 4 is 29.0 Å². The van der Waals surface area contributed by atoms with Crippen LogP contribution >= 0.6 is 11.6 Å². The lowest BCUT2D eigenvalue weighted by Crippen LogP contribution is -2.71. The number of halogens is 14. The smallest absolute Gasteiger partial charge is 0.320 e. The summed E-state index contributed by atoms with van der Waals surface area (Å²) in [5.41, 5.74) is -2.10. The Kier molecular flexibility index (Phi) is 7.64. The summed E-state index contributed by atoms with van der Waals surface area (Å²) in [5.74, 6) is -43.7. The molecule has 1 N–H and O–H groups in total. The molecule has 2 aromatic carbocycles. The van der Waals surface area contributed by atoms with E-state index in [1.54, 1.807) is 0 Å². The third-order valence-corrected chi connectivity index (χ3v) is 4.96. The number of nitrogens with one attached hydrogen (secondary N) is 1. The van der Waals surface area contributed by atoms with Crippen molar-refractivity contribution in [2.24, 2.45) is 0 Å². The van der Waals surface area contributed by atoms with Crippen LogP contribution in [-0.4, -0.2) is 47.5 Å². The molecule has 0 atom stereocenters. The lowest BCUT2D eigenvalue weighted by Gasteiger charge is -2.39. The molecule has 17 heteroatoms. The van der Waals surface area contributed by atoms with Crippen molar-refractivity contribution in [3.05, 3.63) is 64.7 Å². The van der Waals surface area contributed by atoms with Gasteiger partial charge in [-0.2, -0.15) is 57.1 Å². The highest BCUT2D eigenvalue weighted by atomic mass is 35.5. The van der Waals surface area contributed by atoms with Crippen molar-refractivity contribution in [1.82, 2.24) is 0 Å². The molecular formula is C20H9ClF13NO2. The third-order valence-electron chi connectivity index (χ3n) is 4.73. The summed E-state index contributed by atoms with van der Waals surface area (Å²) >= 11 is 5.66. The molecule has 0 heterocycles. The molecule has 0 saturated heterocycles. The minimum atomic E-state index is -8.15. The van der Waals surface area contributed by atoms with E-state index in [1.807, 2.05) is 0 Å². The summed E-state index contributed by atoms with van der Waals surface area (Å²) in [4.78, 5) is 24.4. The van der Waals surface area contributed by atoms with Crippen molar-refractivity contribution in [2.45, 2.75) is 35.8 Å². The molecule has 2 aromatic rings.